The van der Waals surface area contributed by atoms with Gasteiger partial charge in [0.25, 0.3) is 5.91 Å². The van der Waals surface area contributed by atoms with Gasteiger partial charge >= 0.3 is 5.97 Å². The van der Waals surface area contributed by atoms with Crippen LogP contribution < -0.4 is 5.32 Å². The Hall–Kier alpha value is -5.33. The molecule has 1 aliphatic rings. The zero-order valence-electron chi connectivity index (χ0n) is 21.4. The van der Waals surface area contributed by atoms with Crippen LogP contribution in [0.2, 0.25) is 0 Å². The largest absolute Gasteiger partial charge is 0.478 e. The number of halogens is 4. The molecule has 1 unspecified atom stereocenters. The van der Waals surface area contributed by atoms with E-state index < -0.39 is 46.8 Å². The lowest BCUT2D eigenvalue weighted by Crippen LogP contribution is -2.36. The second-order valence-corrected chi connectivity index (χ2v) is 9.61. The number of hydrogen-bond acceptors (Lipinski definition) is 6. The predicted octanol–water partition coefficient (Wildman–Crippen LogP) is 5.19. The molecule has 3 aromatic carbocycles. The topological polar surface area (TPSA) is 134 Å². The lowest BCUT2D eigenvalue weighted by atomic mass is 9.89. The first-order valence-electron chi connectivity index (χ1n) is 12.7. The number of carboxylic acids is 1. The Morgan fingerprint density at radius 2 is 1.69 bits per heavy atom. The molecule has 0 saturated heterocycles. The summed E-state index contributed by atoms with van der Waals surface area (Å²) in [5, 5.41) is 27.2. The molecule has 0 radical (unpaired) electrons. The molecular formula is C29H19F4N5O4. The van der Waals surface area contributed by atoms with Crippen molar-refractivity contribution in [3.63, 3.8) is 0 Å². The Bertz CT molecular complexity index is 1850. The zero-order valence-corrected chi connectivity index (χ0v) is 21.4. The Morgan fingerprint density at radius 3 is 2.43 bits per heavy atom. The molecule has 9 nitrogen and oxygen atoms in total. The van der Waals surface area contributed by atoms with Crippen LogP contribution >= 0.6 is 0 Å². The number of amides is 1. The lowest BCUT2D eigenvalue weighted by molar-refractivity contribution is 0.0691. The SMILES string of the molecule is O=C(O)c1ccc(-c2c(C3Cc4c(F)cc(F)cc4C(=O)N3)n[nH]c2CCc2nnc(-c3ccc(F)cc3)o2)cc1F. The maximum Gasteiger partial charge on any atom is 0.338 e. The lowest BCUT2D eigenvalue weighted by Gasteiger charge is -2.26. The number of aryl methyl sites for hydroxylation is 2. The summed E-state index contributed by atoms with van der Waals surface area (Å²) in [5.74, 6) is -4.90. The van der Waals surface area contributed by atoms with Crippen molar-refractivity contribution in [2.75, 3.05) is 0 Å². The highest BCUT2D eigenvalue weighted by atomic mass is 19.1. The molecule has 3 N–H and O–H groups in total. The average molecular weight is 577 g/mol. The maximum atomic E-state index is 14.8. The predicted molar refractivity (Wildman–Crippen MR) is 138 cm³/mol. The summed E-state index contributed by atoms with van der Waals surface area (Å²) in [6.45, 7) is 0. The van der Waals surface area contributed by atoms with Gasteiger partial charge in [0.15, 0.2) is 0 Å². The van der Waals surface area contributed by atoms with Crippen LogP contribution in [0.25, 0.3) is 22.6 Å². The normalized spacial score (nSPS) is 14.5. The van der Waals surface area contributed by atoms with Crippen molar-refractivity contribution in [1.29, 1.82) is 0 Å². The fourth-order valence-corrected chi connectivity index (χ4v) is 4.96. The van der Waals surface area contributed by atoms with E-state index in [0.717, 1.165) is 18.2 Å². The fraction of sp³-hybridized carbons (Fsp3) is 0.138. The summed E-state index contributed by atoms with van der Waals surface area (Å²) in [6.07, 6.45) is 0.351. The highest BCUT2D eigenvalue weighted by Gasteiger charge is 2.33. The van der Waals surface area contributed by atoms with Crippen molar-refractivity contribution in [1.82, 2.24) is 25.7 Å². The Kier molecular flexibility index (Phi) is 6.77. The summed E-state index contributed by atoms with van der Waals surface area (Å²) in [6, 6.07) is 9.83. The molecule has 6 rings (SSSR count). The van der Waals surface area contributed by atoms with Gasteiger partial charge in [0.1, 0.15) is 23.3 Å². The van der Waals surface area contributed by atoms with E-state index >= 15 is 0 Å². The van der Waals surface area contributed by atoms with E-state index in [9.17, 15) is 32.3 Å². The smallest absolute Gasteiger partial charge is 0.338 e. The summed E-state index contributed by atoms with van der Waals surface area (Å²) < 4.78 is 62.1. The molecule has 1 atom stereocenters. The van der Waals surface area contributed by atoms with Gasteiger partial charge in [0.2, 0.25) is 11.8 Å². The molecular weight excluding hydrogens is 558 g/mol. The van der Waals surface area contributed by atoms with Crippen molar-refractivity contribution in [3.8, 4) is 22.6 Å². The molecule has 0 aliphatic carbocycles. The molecule has 2 aromatic heterocycles. The second kappa shape index (κ2) is 10.6. The van der Waals surface area contributed by atoms with E-state index in [0.29, 0.717) is 22.9 Å². The van der Waals surface area contributed by atoms with E-state index in [2.05, 4.69) is 25.7 Å². The van der Waals surface area contributed by atoms with Crippen molar-refractivity contribution in [3.05, 3.63) is 112 Å². The number of carbonyl (C=O) groups excluding carboxylic acids is 1. The van der Waals surface area contributed by atoms with Gasteiger partial charge in [0, 0.05) is 46.9 Å². The fourth-order valence-electron chi connectivity index (χ4n) is 4.96. The summed E-state index contributed by atoms with van der Waals surface area (Å²) in [7, 11) is 0. The van der Waals surface area contributed by atoms with Crippen LogP contribution in [0.15, 0.2) is 59.0 Å². The minimum Gasteiger partial charge on any atom is -0.478 e. The number of carboxylic acid groups (broad SMARTS) is 1. The minimum absolute atomic E-state index is 0.00670. The molecule has 13 heteroatoms. The monoisotopic (exact) mass is 577 g/mol. The zero-order chi connectivity index (χ0) is 29.5. The Morgan fingerprint density at radius 1 is 0.929 bits per heavy atom. The van der Waals surface area contributed by atoms with Crippen molar-refractivity contribution in [2.45, 2.75) is 25.3 Å². The second-order valence-electron chi connectivity index (χ2n) is 9.61. The molecule has 5 aromatic rings. The summed E-state index contributed by atoms with van der Waals surface area (Å²) in [4.78, 5) is 24.2. The number of H-pyrrole nitrogens is 1. The minimum atomic E-state index is -1.45. The molecule has 0 bridgehead atoms. The van der Waals surface area contributed by atoms with Gasteiger partial charge in [-0.15, -0.1) is 10.2 Å². The van der Waals surface area contributed by atoms with E-state index in [1.54, 1.807) is 0 Å². The van der Waals surface area contributed by atoms with Crippen molar-refractivity contribution in [2.24, 2.45) is 0 Å². The third kappa shape index (κ3) is 5.00. The average Bonchev–Trinajstić information content (AvgIpc) is 3.60. The van der Waals surface area contributed by atoms with Gasteiger partial charge in [-0.3, -0.25) is 9.89 Å². The molecule has 0 spiro atoms. The molecule has 212 valence electrons. The highest BCUT2D eigenvalue weighted by molar-refractivity contribution is 5.97. The molecule has 0 fully saturated rings. The van der Waals surface area contributed by atoms with E-state index in [1.165, 1.54) is 30.3 Å². The van der Waals surface area contributed by atoms with Crippen LogP contribution in [-0.2, 0) is 19.3 Å². The third-order valence-electron chi connectivity index (χ3n) is 6.95. The number of aromatic nitrogens is 4. The van der Waals surface area contributed by atoms with E-state index in [4.69, 9.17) is 4.42 Å². The number of carbonyl (C=O) groups is 2. The van der Waals surface area contributed by atoms with E-state index in [1.807, 2.05) is 0 Å². The van der Waals surface area contributed by atoms with Gasteiger partial charge in [-0.05, 0) is 54.4 Å². The Balaban J connectivity index is 1.35. The molecule has 1 aliphatic heterocycles. The van der Waals surface area contributed by atoms with Crippen LogP contribution in [-0.4, -0.2) is 37.4 Å². The van der Waals surface area contributed by atoms with Crippen LogP contribution in [0.4, 0.5) is 17.6 Å². The summed E-state index contributed by atoms with van der Waals surface area (Å²) >= 11 is 0. The van der Waals surface area contributed by atoms with Crippen LogP contribution in [0.1, 0.15) is 49.6 Å². The first kappa shape index (κ1) is 26.9. The van der Waals surface area contributed by atoms with E-state index in [-0.39, 0.29) is 53.4 Å². The first-order valence-corrected chi connectivity index (χ1v) is 12.7. The number of aromatic amines is 1. The number of benzene rings is 3. The van der Waals surface area contributed by atoms with Crippen LogP contribution in [0.5, 0.6) is 0 Å². The van der Waals surface area contributed by atoms with Gasteiger partial charge in [-0.25, -0.2) is 22.4 Å². The number of rotatable bonds is 7. The van der Waals surface area contributed by atoms with Gasteiger partial charge in [0.05, 0.1) is 17.3 Å². The number of nitrogens with one attached hydrogen (secondary N) is 2. The molecule has 42 heavy (non-hydrogen) atoms. The van der Waals surface area contributed by atoms with Gasteiger partial charge in [-0.2, -0.15) is 5.10 Å². The Labute approximate surface area is 234 Å². The number of aromatic carboxylic acids is 1. The van der Waals surface area contributed by atoms with Crippen LogP contribution in [0, 0.1) is 23.3 Å². The van der Waals surface area contributed by atoms with Gasteiger partial charge in [-0.1, -0.05) is 6.07 Å². The van der Waals surface area contributed by atoms with Crippen LogP contribution in [0.3, 0.4) is 0 Å². The van der Waals surface area contributed by atoms with Gasteiger partial charge < -0.3 is 14.8 Å². The molecule has 3 heterocycles. The number of fused-ring (bicyclic) bond motifs is 1. The number of hydrogen-bond donors (Lipinski definition) is 3. The maximum absolute atomic E-state index is 14.8. The summed E-state index contributed by atoms with van der Waals surface area (Å²) in [5.41, 5.74) is 1.19. The first-order chi connectivity index (χ1) is 20.2. The number of nitrogens with zero attached hydrogens (tertiary/aromatic N) is 3. The van der Waals surface area contributed by atoms with Crippen molar-refractivity contribution >= 4 is 11.9 Å². The molecule has 0 saturated carbocycles. The standard InChI is InChI=1S/C29H19F4N5O4/c30-15-4-1-13(2-5-15)28-38-36-24(42-28)8-7-22-25(14-3-6-17(29(40)41)20(32)9-14)26(37-35-22)23-12-18-19(27(39)34-23)10-16(31)11-21(18)33/h1-6,9-11,23H,7-8,12H2,(H,34,39)(H,35,37)(H,40,41). The van der Waals surface area contributed by atoms with Crippen molar-refractivity contribution < 1.29 is 36.7 Å². The highest BCUT2D eigenvalue weighted by Crippen LogP contribution is 2.36. The third-order valence-corrected chi connectivity index (χ3v) is 6.95. The molecule has 1 amide bonds. The quantitative estimate of drug-likeness (QED) is 0.227.